The van der Waals surface area contributed by atoms with E-state index in [4.69, 9.17) is 14.2 Å². The molecule has 0 heterocycles. The van der Waals surface area contributed by atoms with E-state index in [2.05, 4.69) is 81.5 Å². The predicted octanol–water partition coefficient (Wildman–Crippen LogP) is 20.8. The molecular weight excluding hydrogens is 877 g/mol. The highest BCUT2D eigenvalue weighted by Gasteiger charge is 2.19. The molecule has 0 aliphatic carbocycles. The van der Waals surface area contributed by atoms with Gasteiger partial charge < -0.3 is 14.2 Å². The second-order valence-corrected chi connectivity index (χ2v) is 20.6. The number of allylic oxidation sites excluding steroid dienone is 10. The monoisotopic (exact) mass is 993 g/mol. The van der Waals surface area contributed by atoms with E-state index >= 15 is 0 Å². The van der Waals surface area contributed by atoms with Gasteiger partial charge >= 0.3 is 17.9 Å². The molecule has 71 heavy (non-hydrogen) atoms. The Morgan fingerprint density at radius 2 is 0.592 bits per heavy atom. The molecule has 0 aromatic heterocycles. The van der Waals surface area contributed by atoms with Crippen LogP contribution < -0.4 is 0 Å². The summed E-state index contributed by atoms with van der Waals surface area (Å²) >= 11 is 0. The van der Waals surface area contributed by atoms with Crippen molar-refractivity contribution < 1.29 is 28.6 Å². The van der Waals surface area contributed by atoms with Gasteiger partial charge in [0.1, 0.15) is 13.2 Å². The van der Waals surface area contributed by atoms with Crippen molar-refractivity contribution in [3.8, 4) is 0 Å². The molecule has 0 radical (unpaired) electrons. The molecule has 0 spiro atoms. The fourth-order valence-corrected chi connectivity index (χ4v) is 8.92. The first kappa shape index (κ1) is 68.1. The van der Waals surface area contributed by atoms with Gasteiger partial charge in [-0.3, -0.25) is 14.4 Å². The number of carbonyl (C=O) groups is 3. The summed E-state index contributed by atoms with van der Waals surface area (Å²) in [6.07, 6.45) is 75.0. The number of ether oxygens (including phenoxy) is 3. The Labute approximate surface area is 440 Å². The van der Waals surface area contributed by atoms with E-state index in [0.29, 0.717) is 19.3 Å². The molecule has 0 rings (SSSR count). The fraction of sp³-hybridized carbons (Fsp3) is 0.800. The van der Waals surface area contributed by atoms with Gasteiger partial charge in [-0.15, -0.1) is 0 Å². The molecule has 0 N–H and O–H groups in total. The third-order valence-corrected chi connectivity index (χ3v) is 13.5. The van der Waals surface area contributed by atoms with Crippen molar-refractivity contribution in [1.82, 2.24) is 0 Å². The van der Waals surface area contributed by atoms with Crippen LogP contribution in [0.2, 0.25) is 0 Å². The highest BCUT2D eigenvalue weighted by molar-refractivity contribution is 5.71. The molecule has 0 bridgehead atoms. The van der Waals surface area contributed by atoms with Gasteiger partial charge in [-0.25, -0.2) is 0 Å². The number of hydrogen-bond donors (Lipinski definition) is 0. The van der Waals surface area contributed by atoms with E-state index in [-0.39, 0.29) is 31.1 Å². The first-order chi connectivity index (χ1) is 35.0. The van der Waals surface area contributed by atoms with Gasteiger partial charge in [-0.2, -0.15) is 0 Å². The number of rotatable bonds is 56. The van der Waals surface area contributed by atoms with Crippen molar-refractivity contribution in [3.05, 3.63) is 60.8 Å². The summed E-state index contributed by atoms with van der Waals surface area (Å²) in [5.41, 5.74) is 0. The topological polar surface area (TPSA) is 78.9 Å². The maximum atomic E-state index is 12.9. The minimum atomic E-state index is -0.780. The van der Waals surface area contributed by atoms with E-state index in [0.717, 1.165) is 83.5 Å². The van der Waals surface area contributed by atoms with Gasteiger partial charge in [0.05, 0.1) is 0 Å². The van der Waals surface area contributed by atoms with E-state index in [1.807, 2.05) is 0 Å². The van der Waals surface area contributed by atoms with Crippen molar-refractivity contribution in [2.75, 3.05) is 13.2 Å². The van der Waals surface area contributed by atoms with Crippen LogP contribution in [-0.2, 0) is 28.6 Å². The number of unbranched alkanes of at least 4 members (excludes halogenated alkanes) is 36. The summed E-state index contributed by atoms with van der Waals surface area (Å²) in [6, 6.07) is 0. The zero-order valence-electron chi connectivity index (χ0n) is 47.2. The normalized spacial score (nSPS) is 12.4. The second kappa shape index (κ2) is 59.7. The minimum Gasteiger partial charge on any atom is -0.462 e. The molecule has 6 nitrogen and oxygen atoms in total. The third kappa shape index (κ3) is 57.9. The predicted molar refractivity (Wildman–Crippen MR) is 307 cm³/mol. The van der Waals surface area contributed by atoms with Crippen LogP contribution >= 0.6 is 0 Å². The van der Waals surface area contributed by atoms with Crippen molar-refractivity contribution in [3.63, 3.8) is 0 Å². The first-order valence-corrected chi connectivity index (χ1v) is 30.8. The Morgan fingerprint density at radius 3 is 0.972 bits per heavy atom. The zero-order chi connectivity index (χ0) is 51.4. The molecule has 0 aromatic carbocycles. The van der Waals surface area contributed by atoms with Crippen LogP contribution in [0.3, 0.4) is 0 Å². The Balaban J connectivity index is 4.36. The van der Waals surface area contributed by atoms with Crippen molar-refractivity contribution in [1.29, 1.82) is 0 Å². The van der Waals surface area contributed by atoms with Crippen LogP contribution in [0.25, 0.3) is 0 Å². The molecule has 0 fully saturated rings. The zero-order valence-corrected chi connectivity index (χ0v) is 47.2. The molecule has 0 amide bonds. The van der Waals surface area contributed by atoms with Gasteiger partial charge in [0.25, 0.3) is 0 Å². The Bertz CT molecular complexity index is 1280. The summed E-state index contributed by atoms with van der Waals surface area (Å²) in [7, 11) is 0. The summed E-state index contributed by atoms with van der Waals surface area (Å²) in [4.78, 5) is 38.3. The van der Waals surface area contributed by atoms with E-state index in [1.165, 1.54) is 193 Å². The Morgan fingerprint density at radius 1 is 0.310 bits per heavy atom. The molecule has 0 aromatic rings. The lowest BCUT2D eigenvalue weighted by atomic mass is 10.0. The maximum absolute atomic E-state index is 12.9. The molecule has 0 aliphatic rings. The average molecular weight is 994 g/mol. The highest BCUT2D eigenvalue weighted by atomic mass is 16.6. The minimum absolute atomic E-state index is 0.0781. The summed E-state index contributed by atoms with van der Waals surface area (Å²) in [5, 5.41) is 0. The van der Waals surface area contributed by atoms with Crippen LogP contribution in [0.5, 0.6) is 0 Å². The smallest absolute Gasteiger partial charge is 0.306 e. The summed E-state index contributed by atoms with van der Waals surface area (Å²) < 4.78 is 16.9. The van der Waals surface area contributed by atoms with Crippen LogP contribution in [0.1, 0.15) is 316 Å². The SMILES string of the molecule is CC/C=C\C/C=C\C/C=C\CCCCCCCCCCCC(=O)OCC(COC(=O)CCCCCCCC/C=C\C=C/CCCCC)OC(=O)CCCCCCCCCCCCCCCCCCCCC. The lowest BCUT2D eigenvalue weighted by Crippen LogP contribution is -2.30. The Kier molecular flexibility index (Phi) is 57.2. The second-order valence-electron chi connectivity index (χ2n) is 20.6. The molecule has 0 saturated carbocycles. The van der Waals surface area contributed by atoms with Crippen LogP contribution in [0.15, 0.2) is 60.8 Å². The van der Waals surface area contributed by atoms with Crippen LogP contribution in [-0.4, -0.2) is 37.2 Å². The molecule has 0 saturated heterocycles. The van der Waals surface area contributed by atoms with Crippen LogP contribution in [0, 0.1) is 0 Å². The van der Waals surface area contributed by atoms with Gasteiger partial charge in [-0.1, -0.05) is 281 Å². The van der Waals surface area contributed by atoms with Gasteiger partial charge in [-0.05, 0) is 77.0 Å². The van der Waals surface area contributed by atoms with Crippen molar-refractivity contribution in [2.45, 2.75) is 322 Å². The van der Waals surface area contributed by atoms with Gasteiger partial charge in [0, 0.05) is 19.3 Å². The summed E-state index contributed by atoms with van der Waals surface area (Å²) in [5.74, 6) is -0.877. The molecule has 1 unspecified atom stereocenters. The molecular formula is C65H116O6. The maximum Gasteiger partial charge on any atom is 0.306 e. The van der Waals surface area contributed by atoms with E-state index < -0.39 is 6.10 Å². The first-order valence-electron chi connectivity index (χ1n) is 30.8. The van der Waals surface area contributed by atoms with E-state index in [9.17, 15) is 14.4 Å². The van der Waals surface area contributed by atoms with Gasteiger partial charge in [0.2, 0.25) is 0 Å². The molecule has 0 aliphatic heterocycles. The number of carbonyl (C=O) groups excluding carboxylic acids is 3. The highest BCUT2D eigenvalue weighted by Crippen LogP contribution is 2.17. The average Bonchev–Trinajstić information content (AvgIpc) is 3.37. The summed E-state index contributed by atoms with van der Waals surface area (Å²) in [6.45, 7) is 6.53. The molecule has 6 heteroatoms. The van der Waals surface area contributed by atoms with E-state index in [1.54, 1.807) is 0 Å². The lowest BCUT2D eigenvalue weighted by Gasteiger charge is -2.18. The quantitative estimate of drug-likeness (QED) is 0.0199. The molecule has 1 atom stereocenters. The van der Waals surface area contributed by atoms with Crippen molar-refractivity contribution >= 4 is 17.9 Å². The van der Waals surface area contributed by atoms with Crippen molar-refractivity contribution in [2.24, 2.45) is 0 Å². The standard InChI is InChI=1S/C65H116O6/c1-4-7-10-13-16-19-22-25-28-30-32-34-37-40-43-46-49-52-55-58-64(67)70-61-62(60-69-63(66)57-54-51-48-45-42-39-36-27-24-21-18-15-12-9-6-3)71-65(68)59-56-53-50-47-44-41-38-35-33-31-29-26-23-20-17-14-11-8-5-2/h7,10,16,18-19,21,24-25,27-28,62H,4-6,8-9,11-15,17,20,22-23,26,29-61H2,1-3H3/b10-7-,19-16-,21-18-,27-24-,28-25-. The fourth-order valence-electron chi connectivity index (χ4n) is 8.92. The van der Waals surface area contributed by atoms with Gasteiger partial charge in [0.15, 0.2) is 6.10 Å². The number of esters is 3. The third-order valence-electron chi connectivity index (χ3n) is 13.5. The number of hydrogen-bond acceptors (Lipinski definition) is 6. The van der Waals surface area contributed by atoms with Crippen LogP contribution in [0.4, 0.5) is 0 Å². The lowest BCUT2D eigenvalue weighted by molar-refractivity contribution is -0.167. The molecule has 412 valence electrons. The Hall–Kier alpha value is -2.89. The largest absolute Gasteiger partial charge is 0.462 e.